The number of aromatic nitrogens is 1. The van der Waals surface area contributed by atoms with Gasteiger partial charge in [-0.1, -0.05) is 66.5 Å². The van der Waals surface area contributed by atoms with Crippen molar-refractivity contribution in [1.82, 2.24) is 20.3 Å². The number of thioether (sulfide) groups is 1. The topological polar surface area (TPSA) is 133 Å². The van der Waals surface area contributed by atoms with Crippen molar-refractivity contribution < 1.29 is 9.59 Å². The Morgan fingerprint density at radius 3 is 2.33 bits per heavy atom. The number of hydrogen-bond donors (Lipinski definition) is 5. The number of rotatable bonds is 14. The Hall–Kier alpha value is -3.34. The molecule has 0 aliphatic heterocycles. The third-order valence-electron chi connectivity index (χ3n) is 5.07. The summed E-state index contributed by atoms with van der Waals surface area (Å²) in [6, 6.07) is 21.0. The summed E-state index contributed by atoms with van der Waals surface area (Å²) in [5.74, 6) is 1.02. The van der Waals surface area contributed by atoms with E-state index in [1.807, 2.05) is 30.3 Å². The Kier molecular flexibility index (Phi) is 11.3. The second-order valence-corrected chi connectivity index (χ2v) is 9.86. The molecule has 0 spiro atoms. The van der Waals surface area contributed by atoms with E-state index in [-0.39, 0.29) is 36.7 Å². The van der Waals surface area contributed by atoms with Crippen LogP contribution in [0.15, 0.2) is 84.0 Å². The second kappa shape index (κ2) is 14.9. The predicted octanol–water partition coefficient (Wildman–Crippen LogP) is 3.09. The van der Waals surface area contributed by atoms with Crippen LogP contribution in [0, 0.1) is 5.41 Å². The monoisotopic (exact) mass is 522 g/mol. The molecule has 3 rings (SSSR count). The zero-order chi connectivity index (χ0) is 25.6. The van der Waals surface area contributed by atoms with Crippen LogP contribution in [-0.2, 0) is 21.9 Å². The van der Waals surface area contributed by atoms with Gasteiger partial charge in [-0.05, 0) is 23.3 Å². The Labute approximate surface area is 219 Å². The number of nitrogens with zero attached hydrogens (tertiary/aromatic N) is 1. The molecule has 0 aliphatic carbocycles. The Morgan fingerprint density at radius 1 is 0.917 bits per heavy atom. The highest BCUT2D eigenvalue weighted by atomic mass is 32.2. The molecule has 1 unspecified atom stereocenters. The first-order valence-corrected chi connectivity index (χ1v) is 13.4. The average Bonchev–Trinajstić information content (AvgIpc) is 2.90. The number of nitrogens with one attached hydrogen (secondary N) is 4. The lowest BCUT2D eigenvalue weighted by atomic mass is 10.1. The molecule has 0 aliphatic rings. The fourth-order valence-electron chi connectivity index (χ4n) is 3.12. The standard InChI is InChI=1S/C26H30N6O2S2/c27-26(28)21-8-6-19(7-9-21)15-30-25(34)16-31-24(33)14-22(18-35-23-10-12-29-13-11-23)32-36-17-20-4-2-1-3-5-20/h1-13,22,32H,14-18H2,(H3,27,28)(H,30,34)(H,31,33). The molecule has 6 N–H and O–H groups in total. The van der Waals surface area contributed by atoms with Crippen LogP contribution in [0.3, 0.4) is 0 Å². The molecule has 1 atom stereocenters. The molecule has 0 bridgehead atoms. The van der Waals surface area contributed by atoms with E-state index in [4.69, 9.17) is 11.1 Å². The summed E-state index contributed by atoms with van der Waals surface area (Å²) in [5.41, 5.74) is 8.17. The summed E-state index contributed by atoms with van der Waals surface area (Å²) in [7, 11) is 0. The summed E-state index contributed by atoms with van der Waals surface area (Å²) < 4.78 is 3.41. The highest BCUT2D eigenvalue weighted by molar-refractivity contribution is 7.99. The van der Waals surface area contributed by atoms with Crippen LogP contribution in [0.1, 0.15) is 23.1 Å². The number of benzene rings is 2. The fraction of sp³-hybridized carbons (Fsp3) is 0.231. The Bertz CT molecular complexity index is 1110. The number of nitrogen functional groups attached to an aromatic ring is 1. The van der Waals surface area contributed by atoms with Gasteiger partial charge in [0.15, 0.2) is 0 Å². The number of carbonyl (C=O) groups is 2. The third-order valence-corrected chi connectivity index (χ3v) is 7.22. The van der Waals surface area contributed by atoms with E-state index in [1.54, 1.807) is 60.4 Å². The van der Waals surface area contributed by atoms with Crippen molar-refractivity contribution in [2.24, 2.45) is 5.73 Å². The van der Waals surface area contributed by atoms with Crippen LogP contribution in [0.4, 0.5) is 0 Å². The maximum absolute atomic E-state index is 12.6. The highest BCUT2D eigenvalue weighted by Crippen LogP contribution is 2.20. The van der Waals surface area contributed by atoms with Crippen LogP contribution in [-0.4, -0.2) is 41.0 Å². The number of amides is 2. The lowest BCUT2D eigenvalue weighted by molar-refractivity contribution is -0.126. The van der Waals surface area contributed by atoms with E-state index in [0.717, 1.165) is 16.2 Å². The predicted molar refractivity (Wildman–Crippen MR) is 147 cm³/mol. The van der Waals surface area contributed by atoms with Crippen molar-refractivity contribution in [3.05, 3.63) is 95.8 Å². The van der Waals surface area contributed by atoms with E-state index in [2.05, 4.69) is 32.5 Å². The number of nitrogens with two attached hydrogens (primary N) is 1. The quantitative estimate of drug-likeness (QED) is 0.0951. The first-order valence-electron chi connectivity index (χ1n) is 11.4. The van der Waals surface area contributed by atoms with Crippen LogP contribution in [0.25, 0.3) is 0 Å². The molecule has 0 radical (unpaired) electrons. The fourth-order valence-corrected chi connectivity index (χ4v) is 4.98. The van der Waals surface area contributed by atoms with Crippen molar-refractivity contribution in [3.8, 4) is 0 Å². The molecule has 3 aromatic rings. The number of pyridine rings is 1. The summed E-state index contributed by atoms with van der Waals surface area (Å²) in [5, 5.41) is 12.9. The van der Waals surface area contributed by atoms with Gasteiger partial charge in [0.05, 0.1) is 6.54 Å². The van der Waals surface area contributed by atoms with Crippen molar-refractivity contribution in [2.75, 3.05) is 12.3 Å². The minimum atomic E-state index is -0.270. The third kappa shape index (κ3) is 10.1. The van der Waals surface area contributed by atoms with Gasteiger partial charge in [-0.2, -0.15) is 0 Å². The first kappa shape index (κ1) is 27.3. The van der Waals surface area contributed by atoms with E-state index < -0.39 is 0 Å². The molecule has 2 amide bonds. The molecular weight excluding hydrogens is 492 g/mol. The second-order valence-electron chi connectivity index (χ2n) is 7.95. The molecule has 188 valence electrons. The van der Waals surface area contributed by atoms with Crippen LogP contribution in [0.5, 0.6) is 0 Å². The van der Waals surface area contributed by atoms with Crippen molar-refractivity contribution >= 4 is 41.4 Å². The molecule has 0 fully saturated rings. The SMILES string of the molecule is N=C(N)c1ccc(CNC(=O)CNC(=O)CC(CSc2ccncc2)NSCc2ccccc2)cc1. The van der Waals surface area contributed by atoms with Crippen molar-refractivity contribution in [1.29, 1.82) is 5.41 Å². The maximum Gasteiger partial charge on any atom is 0.239 e. The highest BCUT2D eigenvalue weighted by Gasteiger charge is 2.15. The molecule has 1 aromatic heterocycles. The Morgan fingerprint density at radius 2 is 1.64 bits per heavy atom. The number of carbonyl (C=O) groups excluding carboxylic acids is 2. The zero-order valence-electron chi connectivity index (χ0n) is 19.8. The molecule has 36 heavy (non-hydrogen) atoms. The zero-order valence-corrected chi connectivity index (χ0v) is 21.4. The van der Waals surface area contributed by atoms with E-state index in [1.165, 1.54) is 5.56 Å². The molecular formula is C26H30N6O2S2. The minimum Gasteiger partial charge on any atom is -0.384 e. The molecule has 0 saturated carbocycles. The summed E-state index contributed by atoms with van der Waals surface area (Å²) in [6.45, 7) is 0.238. The van der Waals surface area contributed by atoms with Crippen molar-refractivity contribution in [3.63, 3.8) is 0 Å². The molecule has 0 saturated heterocycles. The van der Waals surface area contributed by atoms with Crippen molar-refractivity contribution in [2.45, 2.75) is 29.7 Å². The maximum atomic E-state index is 12.6. The van der Waals surface area contributed by atoms with Crippen LogP contribution in [0.2, 0.25) is 0 Å². The van der Waals surface area contributed by atoms with Crippen LogP contribution < -0.4 is 21.1 Å². The first-order chi connectivity index (χ1) is 17.5. The lowest BCUT2D eigenvalue weighted by Crippen LogP contribution is -2.39. The smallest absolute Gasteiger partial charge is 0.239 e. The van der Waals surface area contributed by atoms with E-state index in [0.29, 0.717) is 17.9 Å². The van der Waals surface area contributed by atoms with Gasteiger partial charge in [0.1, 0.15) is 5.84 Å². The largest absolute Gasteiger partial charge is 0.384 e. The van der Waals surface area contributed by atoms with Gasteiger partial charge < -0.3 is 16.4 Å². The minimum absolute atomic E-state index is 0.00117. The summed E-state index contributed by atoms with van der Waals surface area (Å²) >= 11 is 3.22. The van der Waals surface area contributed by atoms with E-state index >= 15 is 0 Å². The number of hydrogen-bond acceptors (Lipinski definition) is 7. The Balaban J connectivity index is 1.43. The average molecular weight is 523 g/mol. The number of amidine groups is 1. The van der Waals surface area contributed by atoms with Gasteiger partial charge >= 0.3 is 0 Å². The van der Waals surface area contributed by atoms with Gasteiger partial charge in [0.2, 0.25) is 11.8 Å². The van der Waals surface area contributed by atoms with Gasteiger partial charge in [0, 0.05) is 53.4 Å². The molecule has 10 heteroatoms. The van der Waals surface area contributed by atoms with Crippen LogP contribution >= 0.6 is 23.7 Å². The molecule has 1 heterocycles. The van der Waals surface area contributed by atoms with Gasteiger partial charge in [-0.3, -0.25) is 24.7 Å². The normalized spacial score (nSPS) is 11.4. The summed E-state index contributed by atoms with van der Waals surface area (Å²) in [6.07, 6.45) is 3.75. The van der Waals surface area contributed by atoms with E-state index in [9.17, 15) is 9.59 Å². The summed E-state index contributed by atoms with van der Waals surface area (Å²) in [4.78, 5) is 29.9. The lowest BCUT2D eigenvalue weighted by Gasteiger charge is -2.18. The van der Waals surface area contributed by atoms with Gasteiger partial charge in [0.25, 0.3) is 0 Å². The molecule has 2 aromatic carbocycles. The molecule has 8 nitrogen and oxygen atoms in total. The van der Waals surface area contributed by atoms with Gasteiger partial charge in [-0.25, -0.2) is 0 Å². The van der Waals surface area contributed by atoms with Gasteiger partial charge in [-0.15, -0.1) is 11.8 Å².